The summed E-state index contributed by atoms with van der Waals surface area (Å²) in [6.07, 6.45) is 1.35. The van der Waals surface area contributed by atoms with Gasteiger partial charge in [0, 0.05) is 23.7 Å². The summed E-state index contributed by atoms with van der Waals surface area (Å²) in [6, 6.07) is 11.0. The third kappa shape index (κ3) is 5.31. The van der Waals surface area contributed by atoms with Gasteiger partial charge in [-0.1, -0.05) is 18.2 Å². The first-order chi connectivity index (χ1) is 12.6. The monoisotopic (exact) mass is 373 g/mol. The molecule has 2 aromatic rings. The van der Waals surface area contributed by atoms with E-state index in [0.29, 0.717) is 44.6 Å². The molecule has 0 saturated carbocycles. The van der Waals surface area contributed by atoms with E-state index in [1.807, 2.05) is 29.6 Å². The van der Waals surface area contributed by atoms with E-state index in [9.17, 15) is 14.7 Å². The second-order valence-electron chi connectivity index (χ2n) is 6.37. The Hall–Kier alpha value is -2.38. The van der Waals surface area contributed by atoms with Crippen molar-refractivity contribution in [3.05, 3.63) is 52.2 Å². The lowest BCUT2D eigenvalue weighted by atomic mass is 10.1. The van der Waals surface area contributed by atoms with Crippen molar-refractivity contribution in [2.24, 2.45) is 0 Å². The van der Waals surface area contributed by atoms with E-state index >= 15 is 0 Å². The summed E-state index contributed by atoms with van der Waals surface area (Å²) in [4.78, 5) is 27.1. The summed E-state index contributed by atoms with van der Waals surface area (Å²) in [5.74, 6) is 0.0753. The summed E-state index contributed by atoms with van der Waals surface area (Å²) < 4.78 is 0. The molecular weight excluding hydrogens is 350 g/mol. The van der Waals surface area contributed by atoms with Gasteiger partial charge in [0.1, 0.15) is 0 Å². The Bertz CT molecular complexity index is 723. The normalized spacial score (nSPS) is 14.9. The molecule has 1 saturated heterocycles. The molecule has 3 N–H and O–H groups in total. The van der Waals surface area contributed by atoms with Crippen LogP contribution in [0.4, 0.5) is 10.5 Å². The predicted molar refractivity (Wildman–Crippen MR) is 102 cm³/mol. The van der Waals surface area contributed by atoms with Crippen LogP contribution < -0.4 is 10.6 Å². The third-order valence-corrected chi connectivity index (χ3v) is 5.26. The summed E-state index contributed by atoms with van der Waals surface area (Å²) in [5.41, 5.74) is 1.59. The number of aliphatic hydroxyl groups is 1. The standard InChI is InChI=1S/C19H23N3O3S/c23-16-7-9-22(10-8-16)18(24)12-14-3-5-15(6-4-14)21-19(25)20-13-17-2-1-11-26-17/h1-6,11,16,23H,7-10,12-13H2,(H2,20,21,25). The number of amides is 3. The van der Waals surface area contributed by atoms with Crippen LogP contribution in [0.1, 0.15) is 23.3 Å². The molecule has 0 radical (unpaired) electrons. The Labute approximate surface area is 156 Å². The van der Waals surface area contributed by atoms with E-state index in [0.717, 1.165) is 10.4 Å². The van der Waals surface area contributed by atoms with Crippen LogP contribution >= 0.6 is 11.3 Å². The zero-order chi connectivity index (χ0) is 18.4. The summed E-state index contributed by atoms with van der Waals surface area (Å²) in [5, 5.41) is 17.1. The molecule has 1 aromatic carbocycles. The van der Waals surface area contributed by atoms with E-state index in [1.165, 1.54) is 0 Å². The highest BCUT2D eigenvalue weighted by molar-refractivity contribution is 7.09. The molecule has 26 heavy (non-hydrogen) atoms. The molecule has 1 fully saturated rings. The van der Waals surface area contributed by atoms with Gasteiger partial charge < -0.3 is 20.6 Å². The predicted octanol–water partition coefficient (Wildman–Crippen LogP) is 2.60. The first kappa shape index (κ1) is 18.4. The largest absolute Gasteiger partial charge is 0.393 e. The van der Waals surface area contributed by atoms with E-state index in [1.54, 1.807) is 28.4 Å². The van der Waals surface area contributed by atoms with Crippen LogP contribution in [0.5, 0.6) is 0 Å². The lowest BCUT2D eigenvalue weighted by molar-refractivity contribution is -0.132. The fourth-order valence-electron chi connectivity index (χ4n) is 2.86. The highest BCUT2D eigenvalue weighted by Gasteiger charge is 2.21. The lowest BCUT2D eigenvalue weighted by Gasteiger charge is -2.29. The molecule has 3 rings (SSSR count). The number of nitrogens with one attached hydrogen (secondary N) is 2. The molecule has 0 bridgehead atoms. The number of carbonyl (C=O) groups is 2. The Morgan fingerprint density at radius 1 is 1.15 bits per heavy atom. The summed E-state index contributed by atoms with van der Waals surface area (Å²) >= 11 is 1.60. The van der Waals surface area contributed by atoms with E-state index in [4.69, 9.17) is 0 Å². The van der Waals surface area contributed by atoms with Crippen LogP contribution in [0, 0.1) is 0 Å². The van der Waals surface area contributed by atoms with Gasteiger partial charge in [-0.05, 0) is 42.0 Å². The molecule has 0 atom stereocenters. The maximum atomic E-state index is 12.3. The van der Waals surface area contributed by atoms with Gasteiger partial charge in [0.05, 0.1) is 19.1 Å². The molecule has 3 amide bonds. The highest BCUT2D eigenvalue weighted by atomic mass is 32.1. The number of hydrogen-bond acceptors (Lipinski definition) is 4. The summed E-state index contributed by atoms with van der Waals surface area (Å²) in [7, 11) is 0. The Balaban J connectivity index is 1.45. The van der Waals surface area contributed by atoms with Gasteiger partial charge in [0.15, 0.2) is 0 Å². The smallest absolute Gasteiger partial charge is 0.319 e. The molecule has 0 spiro atoms. The SMILES string of the molecule is O=C(NCc1cccs1)Nc1ccc(CC(=O)N2CCC(O)CC2)cc1. The fraction of sp³-hybridized carbons (Fsp3) is 0.368. The van der Waals surface area contributed by atoms with E-state index in [2.05, 4.69) is 10.6 Å². The Morgan fingerprint density at radius 3 is 2.54 bits per heavy atom. The average Bonchev–Trinajstić information content (AvgIpc) is 3.16. The average molecular weight is 373 g/mol. The van der Waals surface area contributed by atoms with Crippen LogP contribution in [0.2, 0.25) is 0 Å². The Kier molecular flexibility index (Phi) is 6.25. The maximum Gasteiger partial charge on any atom is 0.319 e. The van der Waals surface area contributed by atoms with Crippen molar-refractivity contribution in [2.75, 3.05) is 18.4 Å². The number of piperidine rings is 1. The molecule has 0 unspecified atom stereocenters. The number of benzene rings is 1. The van der Waals surface area contributed by atoms with Crippen molar-refractivity contribution < 1.29 is 14.7 Å². The zero-order valence-corrected chi connectivity index (χ0v) is 15.3. The third-order valence-electron chi connectivity index (χ3n) is 4.39. The number of thiophene rings is 1. The molecule has 138 valence electrons. The fourth-order valence-corrected chi connectivity index (χ4v) is 3.51. The second-order valence-corrected chi connectivity index (χ2v) is 7.40. The lowest BCUT2D eigenvalue weighted by Crippen LogP contribution is -2.40. The van der Waals surface area contributed by atoms with E-state index in [-0.39, 0.29) is 18.0 Å². The number of aliphatic hydroxyl groups excluding tert-OH is 1. The van der Waals surface area contributed by atoms with Gasteiger partial charge in [-0.15, -0.1) is 11.3 Å². The van der Waals surface area contributed by atoms with Crippen molar-refractivity contribution >= 4 is 29.0 Å². The van der Waals surface area contributed by atoms with Crippen LogP contribution in [0.15, 0.2) is 41.8 Å². The summed E-state index contributed by atoms with van der Waals surface area (Å²) in [6.45, 7) is 1.73. The molecule has 2 heterocycles. The minimum atomic E-state index is -0.282. The molecule has 0 aliphatic carbocycles. The molecular formula is C19H23N3O3S. The number of rotatable bonds is 5. The first-order valence-corrected chi connectivity index (χ1v) is 9.60. The van der Waals surface area contributed by atoms with Gasteiger partial charge in [-0.2, -0.15) is 0 Å². The van der Waals surface area contributed by atoms with Crippen LogP contribution in [-0.2, 0) is 17.8 Å². The maximum absolute atomic E-state index is 12.3. The number of likely N-dealkylation sites (tertiary alicyclic amines) is 1. The van der Waals surface area contributed by atoms with Crippen molar-refractivity contribution in [1.82, 2.24) is 10.2 Å². The molecule has 1 aliphatic heterocycles. The minimum Gasteiger partial charge on any atom is -0.393 e. The van der Waals surface area contributed by atoms with Gasteiger partial charge in [-0.3, -0.25) is 4.79 Å². The first-order valence-electron chi connectivity index (χ1n) is 8.72. The van der Waals surface area contributed by atoms with Gasteiger partial charge in [-0.25, -0.2) is 4.79 Å². The van der Waals surface area contributed by atoms with E-state index < -0.39 is 0 Å². The number of nitrogens with zero attached hydrogens (tertiary/aromatic N) is 1. The topological polar surface area (TPSA) is 81.7 Å². The minimum absolute atomic E-state index is 0.0753. The van der Waals surface area contributed by atoms with Crippen LogP contribution in [0.3, 0.4) is 0 Å². The quantitative estimate of drug-likeness (QED) is 0.753. The number of hydrogen-bond donors (Lipinski definition) is 3. The van der Waals surface area contributed by atoms with Crippen molar-refractivity contribution in [2.45, 2.75) is 31.9 Å². The highest BCUT2D eigenvalue weighted by Crippen LogP contribution is 2.14. The molecule has 7 heteroatoms. The number of urea groups is 1. The number of anilines is 1. The second kappa shape index (κ2) is 8.82. The Morgan fingerprint density at radius 2 is 1.88 bits per heavy atom. The van der Waals surface area contributed by atoms with Crippen molar-refractivity contribution in [3.8, 4) is 0 Å². The number of carbonyl (C=O) groups excluding carboxylic acids is 2. The van der Waals surface area contributed by atoms with Crippen LogP contribution in [-0.4, -0.2) is 41.1 Å². The van der Waals surface area contributed by atoms with Gasteiger partial charge >= 0.3 is 6.03 Å². The van der Waals surface area contributed by atoms with Crippen molar-refractivity contribution in [1.29, 1.82) is 0 Å². The molecule has 6 nitrogen and oxygen atoms in total. The molecule has 1 aliphatic rings. The van der Waals surface area contributed by atoms with Gasteiger partial charge in [0.2, 0.25) is 5.91 Å². The van der Waals surface area contributed by atoms with Crippen LogP contribution in [0.25, 0.3) is 0 Å². The molecule has 1 aromatic heterocycles. The van der Waals surface area contributed by atoms with Crippen molar-refractivity contribution in [3.63, 3.8) is 0 Å². The zero-order valence-electron chi connectivity index (χ0n) is 14.5. The van der Waals surface area contributed by atoms with Gasteiger partial charge in [0.25, 0.3) is 0 Å².